The number of nitrogens with one attached hydrogen (secondary N) is 1. The van der Waals surface area contributed by atoms with Crippen LogP contribution in [0.5, 0.6) is 17.2 Å². The van der Waals surface area contributed by atoms with Crippen LogP contribution in [0.25, 0.3) is 0 Å². The highest BCUT2D eigenvalue weighted by molar-refractivity contribution is 5.97. The van der Waals surface area contributed by atoms with Gasteiger partial charge in [-0.1, -0.05) is 6.07 Å². The van der Waals surface area contributed by atoms with Crippen molar-refractivity contribution in [3.8, 4) is 17.2 Å². The number of ether oxygens (including phenoxy) is 2. The van der Waals surface area contributed by atoms with Crippen molar-refractivity contribution in [1.29, 1.82) is 0 Å². The third kappa shape index (κ3) is 3.07. The molecule has 0 radical (unpaired) electrons. The lowest BCUT2D eigenvalue weighted by Crippen LogP contribution is -2.78. The minimum atomic E-state index is -0.966. The van der Waals surface area contributed by atoms with Crippen molar-refractivity contribution in [2.75, 3.05) is 20.2 Å². The Morgan fingerprint density at radius 1 is 1.28 bits per heavy atom. The topological polar surface area (TPSA) is 104 Å². The average molecular weight is 514 g/mol. The van der Waals surface area contributed by atoms with Gasteiger partial charge >= 0.3 is 0 Å². The second kappa shape index (κ2) is 8.23. The fourth-order valence-electron chi connectivity index (χ4n) is 7.61. The largest absolute Gasteiger partial charge is 0.504 e. The molecule has 192 valence electrons. The number of aromatic nitrogens is 1. The summed E-state index contributed by atoms with van der Waals surface area (Å²) in [6.07, 6.45) is 7.88. The number of aromatic hydroxyl groups is 1. The standard InChI is InChI=1S/C27H31N3O5.ClH/c1-34-20-13-28-10-7-17(20)25(32)29-18-6-8-27(33)21-12-16-4-5-19(31)23-22(16)26(27,24(18)35-23)9-11-30(21)14-15-2-3-15;/h4-5,7,10,13,15,18,21,24,31,33H,2-3,6,8-9,11-12,14H2,1H3,(H,29,32);1H/t18-,21-,24+,26+,27-;/m1./s1. The first kappa shape index (κ1) is 23.8. The van der Waals surface area contributed by atoms with Crippen LogP contribution in [0.4, 0.5) is 0 Å². The second-order valence-electron chi connectivity index (χ2n) is 11.0. The highest BCUT2D eigenvalue weighted by Gasteiger charge is 2.73. The molecular weight excluding hydrogens is 482 g/mol. The Balaban J connectivity index is 0.00000240. The van der Waals surface area contributed by atoms with Gasteiger partial charge in [-0.3, -0.25) is 14.7 Å². The Bertz CT molecular complexity index is 1220. The number of amides is 1. The minimum absolute atomic E-state index is 0. The summed E-state index contributed by atoms with van der Waals surface area (Å²) in [5.74, 6) is 1.50. The first-order valence-corrected chi connectivity index (χ1v) is 12.7. The molecule has 2 bridgehead atoms. The van der Waals surface area contributed by atoms with E-state index in [0.717, 1.165) is 43.0 Å². The Labute approximate surface area is 216 Å². The molecule has 5 atom stereocenters. The highest BCUT2D eigenvalue weighted by atomic mass is 35.5. The molecule has 2 saturated carbocycles. The van der Waals surface area contributed by atoms with Gasteiger partial charge in [-0.05, 0) is 68.7 Å². The summed E-state index contributed by atoms with van der Waals surface area (Å²) >= 11 is 0. The molecule has 1 amide bonds. The van der Waals surface area contributed by atoms with E-state index in [9.17, 15) is 15.0 Å². The molecule has 8 nitrogen and oxygen atoms in total. The van der Waals surface area contributed by atoms with E-state index in [4.69, 9.17) is 9.47 Å². The van der Waals surface area contributed by atoms with E-state index in [1.807, 2.05) is 6.07 Å². The van der Waals surface area contributed by atoms with Crippen LogP contribution in [-0.4, -0.2) is 70.0 Å². The van der Waals surface area contributed by atoms with Crippen LogP contribution < -0.4 is 14.8 Å². The molecule has 9 heteroatoms. The fourth-order valence-corrected chi connectivity index (χ4v) is 7.61. The number of likely N-dealkylation sites (tertiary alicyclic amines) is 1. The number of carbonyl (C=O) groups is 1. The molecule has 5 aliphatic rings. The number of benzene rings is 1. The lowest BCUT2D eigenvalue weighted by molar-refractivity contribution is -0.191. The molecule has 1 aromatic heterocycles. The van der Waals surface area contributed by atoms with E-state index in [1.54, 1.807) is 18.3 Å². The van der Waals surface area contributed by atoms with E-state index < -0.39 is 17.1 Å². The normalized spacial score (nSPS) is 33.7. The van der Waals surface area contributed by atoms with Crippen LogP contribution in [0.2, 0.25) is 0 Å². The summed E-state index contributed by atoms with van der Waals surface area (Å²) in [5.41, 5.74) is 0.913. The molecule has 3 fully saturated rings. The molecule has 1 spiro atoms. The number of pyridine rings is 1. The maximum Gasteiger partial charge on any atom is 0.255 e. The van der Waals surface area contributed by atoms with Gasteiger partial charge in [0.25, 0.3) is 5.91 Å². The third-order valence-electron chi connectivity index (χ3n) is 9.33. The van der Waals surface area contributed by atoms with Crippen LogP contribution >= 0.6 is 12.4 Å². The number of halogens is 1. The first-order chi connectivity index (χ1) is 17.0. The Hall–Kier alpha value is -2.55. The van der Waals surface area contributed by atoms with Crippen molar-refractivity contribution in [2.45, 2.75) is 67.7 Å². The Morgan fingerprint density at radius 3 is 2.89 bits per heavy atom. The van der Waals surface area contributed by atoms with Crippen molar-refractivity contribution in [3.05, 3.63) is 47.3 Å². The number of rotatable bonds is 5. The number of carbonyl (C=O) groups excluding carboxylic acids is 1. The number of phenols is 1. The zero-order chi connectivity index (χ0) is 23.9. The van der Waals surface area contributed by atoms with Crippen molar-refractivity contribution < 1.29 is 24.5 Å². The van der Waals surface area contributed by atoms with Crippen molar-refractivity contribution in [3.63, 3.8) is 0 Å². The van der Waals surface area contributed by atoms with Gasteiger partial charge in [0, 0.05) is 24.3 Å². The maximum absolute atomic E-state index is 13.3. The first-order valence-electron chi connectivity index (χ1n) is 12.7. The predicted octanol–water partition coefficient (Wildman–Crippen LogP) is 2.58. The zero-order valence-corrected chi connectivity index (χ0v) is 21.1. The van der Waals surface area contributed by atoms with Gasteiger partial charge in [0.2, 0.25) is 0 Å². The summed E-state index contributed by atoms with van der Waals surface area (Å²) in [6.45, 7) is 1.92. The summed E-state index contributed by atoms with van der Waals surface area (Å²) in [4.78, 5) is 19.9. The minimum Gasteiger partial charge on any atom is -0.504 e. The van der Waals surface area contributed by atoms with Crippen molar-refractivity contribution in [1.82, 2.24) is 15.2 Å². The van der Waals surface area contributed by atoms with Crippen LogP contribution in [0.15, 0.2) is 30.6 Å². The monoisotopic (exact) mass is 513 g/mol. The second-order valence-corrected chi connectivity index (χ2v) is 11.0. The predicted molar refractivity (Wildman–Crippen MR) is 134 cm³/mol. The maximum atomic E-state index is 13.3. The van der Waals surface area contributed by atoms with Crippen LogP contribution in [0, 0.1) is 5.92 Å². The molecule has 7 rings (SSSR count). The van der Waals surface area contributed by atoms with Gasteiger partial charge in [0.05, 0.1) is 35.9 Å². The molecule has 3 aliphatic carbocycles. The Kier molecular flexibility index (Phi) is 5.45. The number of methoxy groups -OCH3 is 1. The van der Waals surface area contributed by atoms with E-state index in [1.165, 1.54) is 26.1 Å². The van der Waals surface area contributed by atoms with Crippen LogP contribution in [-0.2, 0) is 11.8 Å². The van der Waals surface area contributed by atoms with Crippen LogP contribution in [0.3, 0.4) is 0 Å². The highest BCUT2D eigenvalue weighted by Crippen LogP contribution is 2.65. The average Bonchev–Trinajstić information content (AvgIpc) is 3.60. The number of hydrogen-bond acceptors (Lipinski definition) is 7. The number of aliphatic hydroxyl groups is 1. The van der Waals surface area contributed by atoms with E-state index in [2.05, 4.69) is 15.2 Å². The Morgan fingerprint density at radius 2 is 2.11 bits per heavy atom. The van der Waals surface area contributed by atoms with Crippen molar-refractivity contribution in [2.24, 2.45) is 5.92 Å². The molecule has 0 unspecified atom stereocenters. The molecule has 2 aliphatic heterocycles. The van der Waals surface area contributed by atoms with Crippen LogP contribution in [0.1, 0.15) is 53.6 Å². The smallest absolute Gasteiger partial charge is 0.255 e. The molecule has 2 aromatic rings. The summed E-state index contributed by atoms with van der Waals surface area (Å²) in [5, 5.41) is 26.5. The fraction of sp³-hybridized carbons (Fsp3) is 0.556. The molecule has 3 N–H and O–H groups in total. The van der Waals surface area contributed by atoms with Crippen molar-refractivity contribution >= 4 is 18.3 Å². The quantitative estimate of drug-likeness (QED) is 0.564. The van der Waals surface area contributed by atoms with Gasteiger partial charge in [-0.2, -0.15) is 0 Å². The van der Waals surface area contributed by atoms with Gasteiger partial charge in [-0.25, -0.2) is 0 Å². The number of phenolic OH excluding ortho intramolecular Hbond substituents is 1. The summed E-state index contributed by atoms with van der Waals surface area (Å²) in [6, 6.07) is 5.06. The van der Waals surface area contributed by atoms with Gasteiger partial charge in [-0.15, -0.1) is 12.4 Å². The summed E-state index contributed by atoms with van der Waals surface area (Å²) < 4.78 is 11.9. The summed E-state index contributed by atoms with van der Waals surface area (Å²) in [7, 11) is 1.52. The number of nitrogens with zero attached hydrogens (tertiary/aromatic N) is 2. The molecule has 1 saturated heterocycles. The molecule has 1 aromatic carbocycles. The molecule has 3 heterocycles. The van der Waals surface area contributed by atoms with E-state index >= 15 is 0 Å². The SMILES string of the molecule is COc1cnccc1C(=O)N[C@@H]1CC[C@@]2(O)[C@H]3Cc4ccc(O)c5c4[C@@]2(CCN3CC2CC2)[C@H]1O5.Cl. The number of hydrogen-bond donors (Lipinski definition) is 3. The van der Waals surface area contributed by atoms with E-state index in [-0.39, 0.29) is 36.1 Å². The lowest BCUT2D eigenvalue weighted by atomic mass is 9.48. The molecular formula is C27H32ClN3O5. The van der Waals surface area contributed by atoms with E-state index in [0.29, 0.717) is 29.9 Å². The van der Waals surface area contributed by atoms with Gasteiger partial charge < -0.3 is 25.0 Å². The van der Waals surface area contributed by atoms with Gasteiger partial charge in [0.15, 0.2) is 11.5 Å². The van der Waals surface area contributed by atoms with Gasteiger partial charge in [0.1, 0.15) is 11.9 Å². The number of piperidine rings is 1. The zero-order valence-electron chi connectivity index (χ0n) is 20.3. The third-order valence-corrected chi connectivity index (χ3v) is 9.33. The lowest BCUT2D eigenvalue weighted by Gasteiger charge is -2.64. The molecule has 36 heavy (non-hydrogen) atoms.